The minimum Gasteiger partial charge on any atom is -0.0651 e. The highest BCUT2D eigenvalue weighted by Crippen LogP contribution is 2.41. The molecule has 13 heavy (non-hydrogen) atoms. The molecule has 0 nitrogen and oxygen atoms in total. The third-order valence-corrected chi connectivity index (χ3v) is 4.28. The standard InChI is InChI=1S/C13H28/c1-7-11(5)12(8-2)13(6,9-3)10-4/h11-12H,7-10H2,1-6H3. The Kier molecular flexibility index (Phi) is 5.67. The molecule has 0 rings (SSSR count). The van der Waals surface area contributed by atoms with Gasteiger partial charge in [0.25, 0.3) is 0 Å². The van der Waals surface area contributed by atoms with Gasteiger partial charge in [-0.15, -0.1) is 0 Å². The molecule has 0 aromatic carbocycles. The molecule has 2 atom stereocenters. The van der Waals surface area contributed by atoms with Crippen LogP contribution >= 0.6 is 0 Å². The Morgan fingerprint density at radius 3 is 1.62 bits per heavy atom. The predicted molar refractivity (Wildman–Crippen MR) is 61.9 cm³/mol. The van der Waals surface area contributed by atoms with Gasteiger partial charge >= 0.3 is 0 Å². The molecule has 0 saturated heterocycles. The van der Waals surface area contributed by atoms with Crippen molar-refractivity contribution in [2.24, 2.45) is 17.3 Å². The van der Waals surface area contributed by atoms with Crippen LogP contribution in [0.4, 0.5) is 0 Å². The Morgan fingerprint density at radius 2 is 1.38 bits per heavy atom. The van der Waals surface area contributed by atoms with Gasteiger partial charge in [0.1, 0.15) is 0 Å². The van der Waals surface area contributed by atoms with Crippen LogP contribution in [0.15, 0.2) is 0 Å². The van der Waals surface area contributed by atoms with Crippen LogP contribution in [-0.2, 0) is 0 Å². The maximum absolute atomic E-state index is 2.47. The summed E-state index contributed by atoms with van der Waals surface area (Å²) in [4.78, 5) is 0. The summed E-state index contributed by atoms with van der Waals surface area (Å²) in [7, 11) is 0. The van der Waals surface area contributed by atoms with Crippen LogP contribution < -0.4 is 0 Å². The molecule has 0 aromatic rings. The Balaban J connectivity index is 4.51. The van der Waals surface area contributed by atoms with E-state index >= 15 is 0 Å². The molecule has 80 valence electrons. The zero-order chi connectivity index (χ0) is 10.5. The van der Waals surface area contributed by atoms with E-state index in [1.807, 2.05) is 0 Å². The first-order valence-corrected chi connectivity index (χ1v) is 6.05. The van der Waals surface area contributed by atoms with Gasteiger partial charge in [-0.1, -0.05) is 67.2 Å². The molecule has 0 aliphatic carbocycles. The molecule has 0 bridgehead atoms. The molecule has 0 radical (unpaired) electrons. The van der Waals surface area contributed by atoms with E-state index in [9.17, 15) is 0 Å². The second-order valence-electron chi connectivity index (χ2n) is 4.76. The van der Waals surface area contributed by atoms with Crippen molar-refractivity contribution in [3.8, 4) is 0 Å². The van der Waals surface area contributed by atoms with E-state index in [1.54, 1.807) is 0 Å². The van der Waals surface area contributed by atoms with Gasteiger partial charge < -0.3 is 0 Å². The summed E-state index contributed by atoms with van der Waals surface area (Å²) in [5, 5.41) is 0. The van der Waals surface area contributed by atoms with Crippen LogP contribution in [0.3, 0.4) is 0 Å². The minimum absolute atomic E-state index is 0.574. The lowest BCUT2D eigenvalue weighted by atomic mass is 9.66. The molecule has 0 fully saturated rings. The normalized spacial score (nSPS) is 17.1. The van der Waals surface area contributed by atoms with E-state index in [4.69, 9.17) is 0 Å². The van der Waals surface area contributed by atoms with Crippen LogP contribution in [0, 0.1) is 17.3 Å². The maximum atomic E-state index is 2.47. The maximum Gasteiger partial charge on any atom is -0.0300 e. The van der Waals surface area contributed by atoms with Crippen LogP contribution in [0.5, 0.6) is 0 Å². The summed E-state index contributed by atoms with van der Waals surface area (Å²) in [6.45, 7) is 14.2. The third-order valence-electron chi connectivity index (χ3n) is 4.28. The molecular weight excluding hydrogens is 156 g/mol. The topological polar surface area (TPSA) is 0 Å². The highest BCUT2D eigenvalue weighted by atomic mass is 14.4. The fraction of sp³-hybridized carbons (Fsp3) is 1.00. The van der Waals surface area contributed by atoms with Gasteiger partial charge in [0.15, 0.2) is 0 Å². The molecule has 0 aliphatic rings. The summed E-state index contributed by atoms with van der Waals surface area (Å²) in [5.74, 6) is 1.79. The monoisotopic (exact) mass is 184 g/mol. The Labute approximate surface area is 85.1 Å². The number of rotatable bonds is 6. The molecule has 0 aliphatic heterocycles. The average Bonchev–Trinajstić information content (AvgIpc) is 2.18. The molecule has 0 aromatic heterocycles. The lowest BCUT2D eigenvalue weighted by molar-refractivity contribution is 0.107. The molecular formula is C13H28. The van der Waals surface area contributed by atoms with Crippen molar-refractivity contribution >= 4 is 0 Å². The molecule has 0 heteroatoms. The van der Waals surface area contributed by atoms with Gasteiger partial charge in [0.2, 0.25) is 0 Å². The SMILES string of the molecule is CCC(C)C(CC)C(C)(CC)CC. The first kappa shape index (κ1) is 13.0. The van der Waals surface area contributed by atoms with Crippen molar-refractivity contribution in [2.45, 2.75) is 67.2 Å². The molecule has 0 amide bonds. The second kappa shape index (κ2) is 5.67. The van der Waals surface area contributed by atoms with E-state index in [-0.39, 0.29) is 0 Å². The van der Waals surface area contributed by atoms with Gasteiger partial charge in [-0.3, -0.25) is 0 Å². The summed E-state index contributed by atoms with van der Waals surface area (Å²) < 4.78 is 0. The van der Waals surface area contributed by atoms with Gasteiger partial charge in [-0.2, -0.15) is 0 Å². The zero-order valence-electron chi connectivity index (χ0n) is 10.5. The summed E-state index contributed by atoms with van der Waals surface area (Å²) >= 11 is 0. The van der Waals surface area contributed by atoms with Gasteiger partial charge in [0.05, 0.1) is 0 Å². The first-order valence-electron chi connectivity index (χ1n) is 6.05. The van der Waals surface area contributed by atoms with Crippen molar-refractivity contribution in [3.63, 3.8) is 0 Å². The van der Waals surface area contributed by atoms with E-state index in [0.717, 1.165) is 11.8 Å². The van der Waals surface area contributed by atoms with Crippen LogP contribution in [0.2, 0.25) is 0 Å². The van der Waals surface area contributed by atoms with Crippen molar-refractivity contribution in [1.82, 2.24) is 0 Å². The van der Waals surface area contributed by atoms with Crippen molar-refractivity contribution in [1.29, 1.82) is 0 Å². The van der Waals surface area contributed by atoms with E-state index in [2.05, 4.69) is 41.5 Å². The Bertz CT molecular complexity index is 122. The lowest BCUT2D eigenvalue weighted by Gasteiger charge is -2.39. The van der Waals surface area contributed by atoms with Gasteiger partial charge in [-0.25, -0.2) is 0 Å². The molecule has 0 saturated carbocycles. The van der Waals surface area contributed by atoms with Crippen molar-refractivity contribution < 1.29 is 0 Å². The molecule has 0 heterocycles. The van der Waals surface area contributed by atoms with Crippen molar-refractivity contribution in [2.75, 3.05) is 0 Å². The molecule has 0 N–H and O–H groups in total. The lowest BCUT2D eigenvalue weighted by Crippen LogP contribution is -2.30. The highest BCUT2D eigenvalue weighted by molar-refractivity contribution is 4.82. The molecule has 2 unspecified atom stereocenters. The van der Waals surface area contributed by atoms with Crippen LogP contribution in [-0.4, -0.2) is 0 Å². The Morgan fingerprint density at radius 1 is 0.923 bits per heavy atom. The quantitative estimate of drug-likeness (QED) is 0.551. The van der Waals surface area contributed by atoms with Gasteiger partial charge in [-0.05, 0) is 17.3 Å². The summed E-state index contributed by atoms with van der Waals surface area (Å²) in [6, 6.07) is 0. The van der Waals surface area contributed by atoms with Crippen molar-refractivity contribution in [3.05, 3.63) is 0 Å². The van der Waals surface area contributed by atoms with E-state index < -0.39 is 0 Å². The fourth-order valence-electron chi connectivity index (χ4n) is 2.64. The predicted octanol–water partition coefficient (Wildman–Crippen LogP) is 4.89. The second-order valence-corrected chi connectivity index (χ2v) is 4.76. The summed E-state index contributed by atoms with van der Waals surface area (Å²) in [6.07, 6.45) is 5.32. The third kappa shape index (κ3) is 3.00. The van der Waals surface area contributed by atoms with Gasteiger partial charge in [0, 0.05) is 0 Å². The number of hydrogen-bond donors (Lipinski definition) is 0. The molecule has 0 spiro atoms. The largest absolute Gasteiger partial charge is 0.0651 e. The minimum atomic E-state index is 0.574. The van der Waals surface area contributed by atoms with E-state index in [0.29, 0.717) is 5.41 Å². The first-order chi connectivity index (χ1) is 6.05. The highest BCUT2D eigenvalue weighted by Gasteiger charge is 2.32. The smallest absolute Gasteiger partial charge is 0.0300 e. The zero-order valence-corrected chi connectivity index (χ0v) is 10.5. The average molecular weight is 184 g/mol. The summed E-state index contributed by atoms with van der Waals surface area (Å²) in [5.41, 5.74) is 0.574. The van der Waals surface area contributed by atoms with Crippen LogP contribution in [0.25, 0.3) is 0 Å². The number of hydrogen-bond acceptors (Lipinski definition) is 0. The Hall–Kier alpha value is 0. The van der Waals surface area contributed by atoms with Crippen LogP contribution in [0.1, 0.15) is 67.2 Å². The van der Waals surface area contributed by atoms with E-state index in [1.165, 1.54) is 25.7 Å². The fourth-order valence-corrected chi connectivity index (χ4v) is 2.64.